The highest BCUT2D eigenvalue weighted by molar-refractivity contribution is 5.70. The molecule has 1 aliphatic rings. The summed E-state index contributed by atoms with van der Waals surface area (Å²) in [5.41, 5.74) is -0.710. The second-order valence-electron chi connectivity index (χ2n) is 4.00. The van der Waals surface area contributed by atoms with E-state index in [1.54, 1.807) is 0 Å². The van der Waals surface area contributed by atoms with E-state index in [0.717, 1.165) is 6.42 Å². The number of ether oxygens (including phenoxy) is 2. The van der Waals surface area contributed by atoms with Crippen molar-refractivity contribution in [3.8, 4) is 0 Å². The lowest BCUT2D eigenvalue weighted by molar-refractivity contribution is -0.177. The second-order valence-corrected chi connectivity index (χ2v) is 4.00. The Labute approximate surface area is 91.9 Å². The number of halogens is 3. The van der Waals surface area contributed by atoms with Gasteiger partial charge in [-0.1, -0.05) is 0 Å². The molecule has 0 heterocycles. The molecule has 0 aliphatic heterocycles. The van der Waals surface area contributed by atoms with Crippen LogP contribution in [-0.2, 0) is 14.3 Å². The van der Waals surface area contributed by atoms with Crippen molar-refractivity contribution in [3.63, 3.8) is 0 Å². The van der Waals surface area contributed by atoms with Crippen molar-refractivity contribution < 1.29 is 27.4 Å². The van der Waals surface area contributed by atoms with Crippen LogP contribution >= 0.6 is 0 Å². The van der Waals surface area contributed by atoms with Gasteiger partial charge in [-0.05, 0) is 19.3 Å². The maximum atomic E-state index is 11.9. The minimum absolute atomic E-state index is 0.0430. The largest absolute Gasteiger partial charge is 0.469 e. The van der Waals surface area contributed by atoms with Crippen LogP contribution in [0.4, 0.5) is 13.2 Å². The Hall–Kier alpha value is -0.780. The molecule has 0 aromatic carbocycles. The van der Waals surface area contributed by atoms with Gasteiger partial charge >= 0.3 is 12.1 Å². The molecule has 6 heteroatoms. The van der Waals surface area contributed by atoms with Gasteiger partial charge < -0.3 is 9.47 Å². The average molecular weight is 240 g/mol. The summed E-state index contributed by atoms with van der Waals surface area (Å²) in [4.78, 5) is 11.1. The van der Waals surface area contributed by atoms with E-state index in [-0.39, 0.29) is 13.0 Å². The predicted molar refractivity (Wildman–Crippen MR) is 49.8 cm³/mol. The van der Waals surface area contributed by atoms with E-state index in [4.69, 9.17) is 4.74 Å². The summed E-state index contributed by atoms with van der Waals surface area (Å²) in [5.74, 6) is -0.438. The molecule has 0 radical (unpaired) electrons. The molecule has 0 amide bonds. The first-order chi connectivity index (χ1) is 7.37. The van der Waals surface area contributed by atoms with Gasteiger partial charge in [0.2, 0.25) is 0 Å². The molecule has 1 aliphatic carbocycles. The standard InChI is InChI=1S/C10H15F3O3/c1-15-8(14)7-9(3-2-4-9)16-6-5-10(11,12)13/h2-7H2,1H3. The smallest absolute Gasteiger partial charge is 0.391 e. The molecule has 0 N–H and O–H groups in total. The highest BCUT2D eigenvalue weighted by Gasteiger charge is 2.41. The zero-order chi connectivity index (χ0) is 12.2. The van der Waals surface area contributed by atoms with Crippen LogP contribution in [0.2, 0.25) is 0 Å². The van der Waals surface area contributed by atoms with Crippen LogP contribution in [0.25, 0.3) is 0 Å². The number of carbonyl (C=O) groups is 1. The van der Waals surface area contributed by atoms with Crippen molar-refractivity contribution >= 4 is 5.97 Å². The zero-order valence-corrected chi connectivity index (χ0v) is 9.10. The molecule has 0 unspecified atom stereocenters. The molecule has 3 nitrogen and oxygen atoms in total. The van der Waals surface area contributed by atoms with Gasteiger partial charge in [-0.25, -0.2) is 0 Å². The highest BCUT2D eigenvalue weighted by atomic mass is 19.4. The lowest BCUT2D eigenvalue weighted by atomic mass is 9.77. The summed E-state index contributed by atoms with van der Waals surface area (Å²) >= 11 is 0. The monoisotopic (exact) mass is 240 g/mol. The Morgan fingerprint density at radius 1 is 1.38 bits per heavy atom. The minimum atomic E-state index is -4.21. The fourth-order valence-electron chi connectivity index (χ4n) is 1.66. The van der Waals surface area contributed by atoms with Crippen molar-refractivity contribution in [2.45, 2.75) is 43.9 Å². The first-order valence-electron chi connectivity index (χ1n) is 5.14. The van der Waals surface area contributed by atoms with Gasteiger partial charge in [0, 0.05) is 0 Å². The lowest BCUT2D eigenvalue weighted by Gasteiger charge is -2.40. The van der Waals surface area contributed by atoms with Crippen LogP contribution in [0.3, 0.4) is 0 Å². The summed E-state index contributed by atoms with van der Waals surface area (Å²) in [6, 6.07) is 0. The second kappa shape index (κ2) is 5.03. The van der Waals surface area contributed by atoms with Gasteiger partial charge in [-0.15, -0.1) is 0 Å². The van der Waals surface area contributed by atoms with Gasteiger partial charge in [-0.2, -0.15) is 13.2 Å². The average Bonchev–Trinajstić information content (AvgIpc) is 2.11. The number of rotatable bonds is 5. The van der Waals surface area contributed by atoms with E-state index < -0.39 is 24.2 Å². The van der Waals surface area contributed by atoms with E-state index in [2.05, 4.69) is 4.74 Å². The van der Waals surface area contributed by atoms with Crippen molar-refractivity contribution in [1.29, 1.82) is 0 Å². The van der Waals surface area contributed by atoms with E-state index in [1.807, 2.05) is 0 Å². The summed E-state index contributed by atoms with van der Waals surface area (Å²) in [5, 5.41) is 0. The lowest BCUT2D eigenvalue weighted by Crippen LogP contribution is -2.43. The highest BCUT2D eigenvalue weighted by Crippen LogP contribution is 2.39. The topological polar surface area (TPSA) is 35.5 Å². The molecule has 94 valence electrons. The zero-order valence-electron chi connectivity index (χ0n) is 9.10. The van der Waals surface area contributed by atoms with Gasteiger partial charge in [0.25, 0.3) is 0 Å². The van der Waals surface area contributed by atoms with Gasteiger partial charge in [0.15, 0.2) is 0 Å². The number of methoxy groups -OCH3 is 1. The number of esters is 1. The molecule has 0 spiro atoms. The number of hydrogen-bond acceptors (Lipinski definition) is 3. The quantitative estimate of drug-likeness (QED) is 0.692. The van der Waals surface area contributed by atoms with Crippen LogP contribution in [0, 0.1) is 0 Å². The number of alkyl halides is 3. The molecule has 1 rings (SSSR count). The molecule has 1 saturated carbocycles. The van der Waals surface area contributed by atoms with Gasteiger partial charge in [0.1, 0.15) is 0 Å². The Balaban J connectivity index is 2.33. The SMILES string of the molecule is COC(=O)CC1(OCCC(F)(F)F)CCC1. The maximum absolute atomic E-state index is 11.9. The third kappa shape index (κ3) is 4.00. The molecular weight excluding hydrogens is 225 g/mol. The van der Waals surface area contributed by atoms with E-state index in [1.165, 1.54) is 7.11 Å². The van der Waals surface area contributed by atoms with E-state index in [9.17, 15) is 18.0 Å². The molecule has 0 aromatic rings. The third-order valence-electron chi connectivity index (χ3n) is 2.75. The Kier molecular flexibility index (Phi) is 4.18. The molecular formula is C10H15F3O3. The first kappa shape index (κ1) is 13.3. The fraction of sp³-hybridized carbons (Fsp3) is 0.900. The summed E-state index contributed by atoms with van der Waals surface area (Å²) in [6.07, 6.45) is -3.02. The van der Waals surface area contributed by atoms with Crippen molar-refractivity contribution in [3.05, 3.63) is 0 Å². The number of hydrogen-bond donors (Lipinski definition) is 0. The minimum Gasteiger partial charge on any atom is -0.469 e. The Morgan fingerprint density at radius 3 is 2.38 bits per heavy atom. The molecule has 1 fully saturated rings. The summed E-state index contributed by atoms with van der Waals surface area (Å²) in [6.45, 7) is -0.388. The summed E-state index contributed by atoms with van der Waals surface area (Å²) in [7, 11) is 1.25. The normalized spacial score (nSPS) is 19.0. The third-order valence-corrected chi connectivity index (χ3v) is 2.75. The Bertz CT molecular complexity index is 246. The Morgan fingerprint density at radius 2 is 2.00 bits per heavy atom. The van der Waals surface area contributed by atoms with Crippen LogP contribution in [0.1, 0.15) is 32.1 Å². The van der Waals surface area contributed by atoms with Crippen LogP contribution in [0.15, 0.2) is 0 Å². The van der Waals surface area contributed by atoms with Gasteiger partial charge in [0.05, 0.1) is 32.2 Å². The molecule has 16 heavy (non-hydrogen) atoms. The van der Waals surface area contributed by atoms with Crippen LogP contribution in [0.5, 0.6) is 0 Å². The maximum Gasteiger partial charge on any atom is 0.391 e. The predicted octanol–water partition coefficient (Wildman–Crippen LogP) is 2.44. The fourth-order valence-corrected chi connectivity index (χ4v) is 1.66. The van der Waals surface area contributed by atoms with Crippen LogP contribution < -0.4 is 0 Å². The molecule has 0 aromatic heterocycles. The van der Waals surface area contributed by atoms with Crippen molar-refractivity contribution in [2.24, 2.45) is 0 Å². The van der Waals surface area contributed by atoms with E-state index >= 15 is 0 Å². The molecule has 0 atom stereocenters. The van der Waals surface area contributed by atoms with Crippen LogP contribution in [-0.4, -0.2) is 31.5 Å². The van der Waals surface area contributed by atoms with Crippen molar-refractivity contribution in [1.82, 2.24) is 0 Å². The van der Waals surface area contributed by atoms with Gasteiger partial charge in [-0.3, -0.25) is 4.79 Å². The molecule has 0 saturated heterocycles. The van der Waals surface area contributed by atoms with Crippen molar-refractivity contribution in [2.75, 3.05) is 13.7 Å². The van der Waals surface area contributed by atoms with E-state index in [0.29, 0.717) is 12.8 Å². The summed E-state index contributed by atoms with van der Waals surface area (Å²) < 4.78 is 45.4. The first-order valence-corrected chi connectivity index (χ1v) is 5.14. The molecule has 0 bridgehead atoms. The number of carbonyl (C=O) groups excluding carboxylic acids is 1.